The molecule has 28 heavy (non-hydrogen) atoms. The number of thioether (sulfide) groups is 1. The molecule has 0 aliphatic carbocycles. The number of ketones is 1. The second kappa shape index (κ2) is 7.35. The number of Topliss-reactive ketones (excluding diaryl/α,β-unsaturated/α-hetero) is 1. The Balaban J connectivity index is 1.62. The van der Waals surface area contributed by atoms with Gasteiger partial charge in [-0.2, -0.15) is 9.61 Å². The van der Waals surface area contributed by atoms with Crippen molar-refractivity contribution in [3.63, 3.8) is 0 Å². The number of benzene rings is 2. The Morgan fingerprint density at radius 3 is 2.54 bits per heavy atom. The molecule has 0 saturated carbocycles. The number of aromatic nitrogens is 5. The molecule has 0 aliphatic rings. The standard InChI is InChI=1S/C19H14FN5O2S/c1-11-2-4-12(5-3-11)15(26)10-28-19-23-22-18-21-17(27)16(24-25(18)19)13-6-8-14(20)9-7-13/h2-9H,10H2,1H3,(H,21,22,27). The Kier molecular flexibility index (Phi) is 4.74. The average molecular weight is 395 g/mol. The number of hydrogen-bond acceptors (Lipinski definition) is 6. The van der Waals surface area contributed by atoms with E-state index in [2.05, 4.69) is 20.3 Å². The first kappa shape index (κ1) is 18.1. The molecule has 140 valence electrons. The van der Waals surface area contributed by atoms with Crippen molar-refractivity contribution >= 4 is 23.3 Å². The fourth-order valence-corrected chi connectivity index (χ4v) is 3.35. The molecule has 0 atom stereocenters. The molecular formula is C19H14FN5O2S. The molecule has 9 heteroatoms. The van der Waals surface area contributed by atoms with Gasteiger partial charge in [0.15, 0.2) is 11.5 Å². The third-order valence-corrected chi connectivity index (χ3v) is 5.00. The summed E-state index contributed by atoms with van der Waals surface area (Å²) in [7, 11) is 0. The molecule has 0 spiro atoms. The van der Waals surface area contributed by atoms with Gasteiger partial charge in [-0.15, -0.1) is 10.2 Å². The van der Waals surface area contributed by atoms with Crippen LogP contribution in [0, 0.1) is 12.7 Å². The number of rotatable bonds is 5. The van der Waals surface area contributed by atoms with Crippen LogP contribution in [0.5, 0.6) is 0 Å². The van der Waals surface area contributed by atoms with Crippen LogP contribution in [0.15, 0.2) is 58.5 Å². The highest BCUT2D eigenvalue weighted by molar-refractivity contribution is 7.99. The van der Waals surface area contributed by atoms with Crippen LogP contribution in [0.2, 0.25) is 0 Å². The van der Waals surface area contributed by atoms with E-state index in [0.717, 1.165) is 5.56 Å². The SMILES string of the molecule is Cc1ccc(C(=O)CSc2nnc3[nH]c(=O)c(-c4ccc(F)cc4)nn23)cc1. The van der Waals surface area contributed by atoms with Gasteiger partial charge < -0.3 is 0 Å². The average Bonchev–Trinajstić information content (AvgIpc) is 3.08. The van der Waals surface area contributed by atoms with Gasteiger partial charge in [-0.3, -0.25) is 14.6 Å². The lowest BCUT2D eigenvalue weighted by molar-refractivity contribution is 0.102. The zero-order valence-electron chi connectivity index (χ0n) is 14.7. The first-order valence-electron chi connectivity index (χ1n) is 8.35. The molecule has 0 fully saturated rings. The summed E-state index contributed by atoms with van der Waals surface area (Å²) in [4.78, 5) is 27.2. The van der Waals surface area contributed by atoms with Gasteiger partial charge in [0.05, 0.1) is 5.75 Å². The fraction of sp³-hybridized carbons (Fsp3) is 0.105. The van der Waals surface area contributed by atoms with Crippen LogP contribution in [0.3, 0.4) is 0 Å². The number of nitrogens with one attached hydrogen (secondary N) is 1. The number of H-pyrrole nitrogens is 1. The summed E-state index contributed by atoms with van der Waals surface area (Å²) >= 11 is 1.17. The van der Waals surface area contributed by atoms with Gasteiger partial charge >= 0.3 is 0 Å². The van der Waals surface area contributed by atoms with Gasteiger partial charge in [0.2, 0.25) is 5.16 Å². The molecule has 0 unspecified atom stereocenters. The highest BCUT2D eigenvalue weighted by atomic mass is 32.2. The predicted molar refractivity (Wildman–Crippen MR) is 103 cm³/mol. The van der Waals surface area contributed by atoms with Crippen LogP contribution < -0.4 is 5.56 Å². The third-order valence-electron chi connectivity index (χ3n) is 4.08. The topological polar surface area (TPSA) is 93.0 Å². The van der Waals surface area contributed by atoms with Gasteiger partial charge in [0, 0.05) is 11.1 Å². The summed E-state index contributed by atoms with van der Waals surface area (Å²) in [5.74, 6) is -0.140. The summed E-state index contributed by atoms with van der Waals surface area (Å²) in [5.41, 5.74) is 1.80. The molecule has 1 N–H and O–H groups in total. The van der Waals surface area contributed by atoms with Crippen LogP contribution >= 0.6 is 11.8 Å². The number of carbonyl (C=O) groups excluding carboxylic acids is 1. The second-order valence-corrected chi connectivity index (χ2v) is 7.05. The Bertz CT molecular complexity index is 1220. The Morgan fingerprint density at radius 1 is 1.11 bits per heavy atom. The Morgan fingerprint density at radius 2 is 1.82 bits per heavy atom. The first-order chi connectivity index (χ1) is 13.5. The predicted octanol–water partition coefficient (Wildman–Crippen LogP) is 2.90. The number of halogens is 1. The normalized spacial score (nSPS) is 11.1. The van der Waals surface area contributed by atoms with Crippen LogP contribution in [-0.4, -0.2) is 36.3 Å². The zero-order valence-corrected chi connectivity index (χ0v) is 15.5. The summed E-state index contributed by atoms with van der Waals surface area (Å²) in [6, 6.07) is 12.8. The number of carbonyl (C=O) groups is 1. The second-order valence-electron chi connectivity index (χ2n) is 6.11. The van der Waals surface area contributed by atoms with Crippen LogP contribution in [0.25, 0.3) is 17.0 Å². The van der Waals surface area contributed by atoms with E-state index in [4.69, 9.17) is 0 Å². The van der Waals surface area contributed by atoms with Crippen molar-refractivity contribution in [3.8, 4) is 11.3 Å². The molecular weight excluding hydrogens is 381 g/mol. The van der Waals surface area contributed by atoms with E-state index in [9.17, 15) is 14.0 Å². The number of hydrogen-bond donors (Lipinski definition) is 1. The van der Waals surface area contributed by atoms with Gasteiger partial charge in [0.25, 0.3) is 11.3 Å². The molecule has 4 rings (SSSR count). The summed E-state index contributed by atoms with van der Waals surface area (Å²) in [6.07, 6.45) is 0. The lowest BCUT2D eigenvalue weighted by atomic mass is 10.1. The smallest absolute Gasteiger partial charge is 0.279 e. The molecule has 0 amide bonds. The van der Waals surface area contributed by atoms with Gasteiger partial charge in [-0.05, 0) is 31.2 Å². The zero-order chi connectivity index (χ0) is 19.7. The molecule has 2 heterocycles. The largest absolute Gasteiger partial charge is 0.293 e. The Hall–Kier alpha value is -3.33. The summed E-state index contributed by atoms with van der Waals surface area (Å²) in [5, 5.41) is 12.6. The maximum atomic E-state index is 13.1. The molecule has 2 aromatic carbocycles. The summed E-state index contributed by atoms with van der Waals surface area (Å²) in [6.45, 7) is 1.95. The minimum absolute atomic E-state index is 0.0510. The molecule has 0 saturated heterocycles. The minimum atomic E-state index is -0.459. The molecule has 4 aromatic rings. The van der Waals surface area contributed by atoms with Crippen molar-refractivity contribution in [2.45, 2.75) is 12.1 Å². The van der Waals surface area contributed by atoms with Crippen molar-refractivity contribution in [1.29, 1.82) is 0 Å². The van der Waals surface area contributed by atoms with Crippen molar-refractivity contribution in [1.82, 2.24) is 24.8 Å². The van der Waals surface area contributed by atoms with E-state index in [1.165, 1.54) is 40.5 Å². The molecule has 0 bridgehead atoms. The fourth-order valence-electron chi connectivity index (χ4n) is 2.58. The molecule has 0 radical (unpaired) electrons. The van der Waals surface area contributed by atoms with E-state index >= 15 is 0 Å². The minimum Gasteiger partial charge on any atom is -0.293 e. The van der Waals surface area contributed by atoms with Crippen LogP contribution in [0.4, 0.5) is 4.39 Å². The number of aryl methyl sites for hydroxylation is 1. The van der Waals surface area contributed by atoms with E-state index in [1.54, 1.807) is 12.1 Å². The van der Waals surface area contributed by atoms with Gasteiger partial charge in [0.1, 0.15) is 5.82 Å². The lowest BCUT2D eigenvalue weighted by Gasteiger charge is -2.03. The van der Waals surface area contributed by atoms with Crippen molar-refractivity contribution < 1.29 is 9.18 Å². The number of nitrogens with zero attached hydrogens (tertiary/aromatic N) is 4. The summed E-state index contributed by atoms with van der Waals surface area (Å²) < 4.78 is 14.5. The van der Waals surface area contributed by atoms with Crippen molar-refractivity contribution in [3.05, 3.63) is 75.8 Å². The van der Waals surface area contributed by atoms with Gasteiger partial charge in [-0.1, -0.05) is 41.6 Å². The first-order valence-corrected chi connectivity index (χ1v) is 9.34. The quantitative estimate of drug-likeness (QED) is 0.413. The van der Waals surface area contributed by atoms with Crippen LogP contribution in [-0.2, 0) is 0 Å². The van der Waals surface area contributed by atoms with E-state index in [-0.39, 0.29) is 23.0 Å². The third kappa shape index (κ3) is 3.56. The maximum absolute atomic E-state index is 13.1. The van der Waals surface area contributed by atoms with E-state index < -0.39 is 11.4 Å². The van der Waals surface area contributed by atoms with Crippen molar-refractivity contribution in [2.75, 3.05) is 5.75 Å². The highest BCUT2D eigenvalue weighted by Crippen LogP contribution is 2.19. The number of aromatic amines is 1. The number of fused-ring (bicyclic) bond motifs is 1. The molecule has 7 nitrogen and oxygen atoms in total. The maximum Gasteiger partial charge on any atom is 0.279 e. The van der Waals surface area contributed by atoms with E-state index in [0.29, 0.717) is 16.3 Å². The molecule has 0 aliphatic heterocycles. The van der Waals surface area contributed by atoms with Crippen LogP contribution in [0.1, 0.15) is 15.9 Å². The lowest BCUT2D eigenvalue weighted by Crippen LogP contribution is -2.15. The Labute approximate surface area is 162 Å². The van der Waals surface area contributed by atoms with Crippen molar-refractivity contribution in [2.24, 2.45) is 0 Å². The molecule has 2 aromatic heterocycles. The highest BCUT2D eigenvalue weighted by Gasteiger charge is 2.15. The van der Waals surface area contributed by atoms with E-state index in [1.807, 2.05) is 19.1 Å². The van der Waals surface area contributed by atoms with Gasteiger partial charge in [-0.25, -0.2) is 4.39 Å². The monoisotopic (exact) mass is 395 g/mol.